The summed E-state index contributed by atoms with van der Waals surface area (Å²) < 4.78 is 7.77. The van der Waals surface area contributed by atoms with E-state index in [4.69, 9.17) is 4.74 Å². The molecular weight excluding hydrogens is 384 g/mol. The van der Waals surface area contributed by atoms with Crippen LogP contribution in [0.4, 0.5) is 0 Å². The van der Waals surface area contributed by atoms with Gasteiger partial charge in [0.2, 0.25) is 0 Å². The normalized spacial score (nSPS) is 13.0. The smallest absolute Gasteiger partial charge is 0.364 e. The molecule has 1 N–H and O–H groups in total. The number of nitrogens with zero attached hydrogens (tertiary/aromatic N) is 1. The number of esters is 1. The number of ether oxygens (including phenoxy) is 1. The third-order valence-electron chi connectivity index (χ3n) is 5.68. The molecule has 1 heterocycles. The zero-order valence-corrected chi connectivity index (χ0v) is 19.0. The van der Waals surface area contributed by atoms with Crippen molar-refractivity contribution < 1.29 is 14.4 Å². The van der Waals surface area contributed by atoms with E-state index in [2.05, 4.69) is 85.3 Å². The minimum atomic E-state index is -0.174. The Morgan fingerprint density at radius 3 is 2.45 bits per heavy atom. The number of aryl methyl sites for hydroxylation is 1. The van der Waals surface area contributed by atoms with Crippen LogP contribution in [-0.2, 0) is 29.2 Å². The summed E-state index contributed by atoms with van der Waals surface area (Å²) in [6.07, 6.45) is 3.91. The minimum absolute atomic E-state index is 0.0907. The summed E-state index contributed by atoms with van der Waals surface area (Å²) in [4.78, 5) is 14.1. The van der Waals surface area contributed by atoms with Crippen LogP contribution in [0.5, 0.6) is 0 Å². The second-order valence-electron chi connectivity index (χ2n) is 8.21. The molecule has 0 aliphatic carbocycles. The fraction of sp³-hybridized carbons (Fsp3) is 0.370. The third kappa shape index (κ3) is 6.56. The zero-order valence-electron chi connectivity index (χ0n) is 19.0. The number of hydrogen-bond donors (Lipinski definition) is 1. The SMILES string of the molecule is CCC[C@@H](C(=O)OCC)[NH+](Cc1ccccc1)Cc1cccn1Cc1cccc(C)c1. The molecule has 2 aromatic carbocycles. The van der Waals surface area contributed by atoms with E-state index in [0.29, 0.717) is 6.61 Å². The van der Waals surface area contributed by atoms with Gasteiger partial charge in [-0.15, -0.1) is 0 Å². The first-order valence-electron chi connectivity index (χ1n) is 11.3. The Morgan fingerprint density at radius 1 is 0.968 bits per heavy atom. The van der Waals surface area contributed by atoms with Gasteiger partial charge in [-0.2, -0.15) is 0 Å². The second-order valence-corrected chi connectivity index (χ2v) is 8.21. The summed E-state index contributed by atoms with van der Waals surface area (Å²) >= 11 is 0. The van der Waals surface area contributed by atoms with Crippen LogP contribution in [0.15, 0.2) is 72.9 Å². The lowest BCUT2D eigenvalue weighted by Crippen LogP contribution is -3.14. The number of nitrogens with one attached hydrogen (secondary N) is 1. The lowest BCUT2D eigenvalue weighted by atomic mass is 10.1. The van der Waals surface area contributed by atoms with Crippen LogP contribution in [0.2, 0.25) is 0 Å². The topological polar surface area (TPSA) is 35.7 Å². The molecule has 1 aromatic heterocycles. The Balaban J connectivity index is 1.86. The first-order chi connectivity index (χ1) is 15.1. The Labute approximate surface area is 186 Å². The molecular formula is C27H35N2O2+. The molecule has 0 spiro atoms. The number of quaternary nitrogens is 1. The van der Waals surface area contributed by atoms with E-state index in [1.165, 1.54) is 27.3 Å². The molecule has 4 heteroatoms. The summed E-state index contributed by atoms with van der Waals surface area (Å²) in [5.41, 5.74) is 5.03. The van der Waals surface area contributed by atoms with E-state index in [1.807, 2.05) is 13.0 Å². The van der Waals surface area contributed by atoms with Crippen LogP contribution in [-0.4, -0.2) is 23.2 Å². The predicted octanol–water partition coefficient (Wildman–Crippen LogP) is 4.16. The number of benzene rings is 2. The second kappa shape index (κ2) is 11.5. The highest BCUT2D eigenvalue weighted by Crippen LogP contribution is 2.10. The summed E-state index contributed by atoms with van der Waals surface area (Å²) in [5, 5.41) is 0. The van der Waals surface area contributed by atoms with Gasteiger partial charge in [-0.1, -0.05) is 67.1 Å². The summed E-state index contributed by atoms with van der Waals surface area (Å²) in [7, 11) is 0. The first kappa shape index (κ1) is 22.8. The highest BCUT2D eigenvalue weighted by molar-refractivity contribution is 5.74. The average Bonchev–Trinajstić information content (AvgIpc) is 3.19. The monoisotopic (exact) mass is 419 g/mol. The maximum atomic E-state index is 12.9. The van der Waals surface area contributed by atoms with E-state index < -0.39 is 0 Å². The summed E-state index contributed by atoms with van der Waals surface area (Å²) in [6, 6.07) is 23.2. The van der Waals surface area contributed by atoms with Gasteiger partial charge in [0.1, 0.15) is 13.1 Å². The van der Waals surface area contributed by atoms with Crippen LogP contribution in [0.3, 0.4) is 0 Å². The molecule has 31 heavy (non-hydrogen) atoms. The van der Waals surface area contributed by atoms with Gasteiger partial charge in [0, 0.05) is 24.7 Å². The van der Waals surface area contributed by atoms with E-state index in [9.17, 15) is 4.79 Å². The lowest BCUT2D eigenvalue weighted by Gasteiger charge is -2.27. The number of rotatable bonds is 11. The molecule has 4 nitrogen and oxygen atoms in total. The third-order valence-corrected chi connectivity index (χ3v) is 5.68. The molecule has 0 amide bonds. The van der Waals surface area contributed by atoms with Gasteiger partial charge < -0.3 is 14.2 Å². The van der Waals surface area contributed by atoms with Crippen molar-refractivity contribution >= 4 is 5.97 Å². The highest BCUT2D eigenvalue weighted by atomic mass is 16.5. The molecule has 3 aromatic rings. The van der Waals surface area contributed by atoms with Gasteiger partial charge in [-0.05, 0) is 38.0 Å². The molecule has 164 valence electrons. The molecule has 0 fully saturated rings. The van der Waals surface area contributed by atoms with Crippen molar-refractivity contribution in [3.63, 3.8) is 0 Å². The first-order valence-corrected chi connectivity index (χ1v) is 11.3. The molecule has 0 saturated carbocycles. The maximum absolute atomic E-state index is 12.9. The fourth-order valence-electron chi connectivity index (χ4n) is 4.19. The molecule has 1 unspecified atom stereocenters. The van der Waals surface area contributed by atoms with Crippen molar-refractivity contribution in [1.82, 2.24) is 4.57 Å². The van der Waals surface area contributed by atoms with E-state index in [1.54, 1.807) is 0 Å². The predicted molar refractivity (Wildman–Crippen MR) is 125 cm³/mol. The van der Waals surface area contributed by atoms with Crippen LogP contribution in [0.25, 0.3) is 0 Å². The zero-order chi connectivity index (χ0) is 22.1. The number of hydrogen-bond acceptors (Lipinski definition) is 2. The minimum Gasteiger partial charge on any atom is -0.462 e. The molecule has 0 bridgehead atoms. The van der Waals surface area contributed by atoms with Gasteiger partial charge >= 0.3 is 5.97 Å². The highest BCUT2D eigenvalue weighted by Gasteiger charge is 2.31. The van der Waals surface area contributed by atoms with Crippen molar-refractivity contribution in [1.29, 1.82) is 0 Å². The average molecular weight is 420 g/mol. The van der Waals surface area contributed by atoms with E-state index in [-0.39, 0.29) is 12.0 Å². The molecule has 0 aliphatic rings. The molecule has 0 radical (unpaired) electrons. The largest absolute Gasteiger partial charge is 0.462 e. The Hall–Kier alpha value is -2.85. The van der Waals surface area contributed by atoms with Gasteiger partial charge in [-0.3, -0.25) is 0 Å². The van der Waals surface area contributed by atoms with Crippen molar-refractivity contribution in [2.24, 2.45) is 0 Å². The quantitative estimate of drug-likeness (QED) is 0.474. The van der Waals surface area contributed by atoms with Crippen LogP contribution in [0, 0.1) is 6.92 Å². The lowest BCUT2D eigenvalue weighted by molar-refractivity contribution is -0.944. The Morgan fingerprint density at radius 2 is 1.74 bits per heavy atom. The number of carbonyl (C=O) groups is 1. The molecule has 3 rings (SSSR count). The van der Waals surface area contributed by atoms with E-state index in [0.717, 1.165) is 32.5 Å². The van der Waals surface area contributed by atoms with Gasteiger partial charge in [0.25, 0.3) is 0 Å². The Bertz CT molecular complexity index is 949. The van der Waals surface area contributed by atoms with E-state index >= 15 is 0 Å². The molecule has 0 aliphatic heterocycles. The number of aromatic nitrogens is 1. The Kier molecular flexibility index (Phi) is 8.48. The van der Waals surface area contributed by atoms with Gasteiger partial charge in [0.15, 0.2) is 6.04 Å². The standard InChI is InChI=1S/C27H34N2O2/c1-4-11-26(27(30)31-5-2)29(19-23-13-7-6-8-14-23)21-25-16-10-17-28(25)20-24-15-9-12-22(3)18-24/h6-10,12-18,26H,4-5,11,19-21H2,1-3H3/p+1/t26-/m0/s1. The van der Waals surface area contributed by atoms with Gasteiger partial charge in [0.05, 0.1) is 12.3 Å². The van der Waals surface area contributed by atoms with Crippen molar-refractivity contribution in [2.75, 3.05) is 6.61 Å². The van der Waals surface area contributed by atoms with Gasteiger partial charge in [-0.25, -0.2) is 4.79 Å². The maximum Gasteiger partial charge on any atom is 0.364 e. The van der Waals surface area contributed by atoms with Crippen LogP contribution >= 0.6 is 0 Å². The molecule has 2 atom stereocenters. The summed E-state index contributed by atoms with van der Waals surface area (Å²) in [5.74, 6) is -0.0907. The summed E-state index contributed by atoms with van der Waals surface area (Å²) in [6.45, 7) is 8.96. The van der Waals surface area contributed by atoms with Crippen LogP contribution < -0.4 is 4.90 Å². The fourth-order valence-corrected chi connectivity index (χ4v) is 4.19. The van der Waals surface area contributed by atoms with Crippen molar-refractivity contribution in [3.8, 4) is 0 Å². The number of carbonyl (C=O) groups excluding carboxylic acids is 1. The van der Waals surface area contributed by atoms with Crippen molar-refractivity contribution in [2.45, 2.75) is 59.3 Å². The van der Waals surface area contributed by atoms with Crippen molar-refractivity contribution in [3.05, 3.63) is 95.3 Å². The molecule has 0 saturated heterocycles. The van der Waals surface area contributed by atoms with Crippen LogP contribution in [0.1, 0.15) is 49.1 Å².